The van der Waals surface area contributed by atoms with Crippen LogP contribution in [0.2, 0.25) is 0 Å². The van der Waals surface area contributed by atoms with E-state index in [1.807, 2.05) is 37.2 Å². The van der Waals surface area contributed by atoms with Crippen molar-refractivity contribution in [1.29, 1.82) is 0 Å². The Morgan fingerprint density at radius 2 is 2.26 bits per heavy atom. The van der Waals surface area contributed by atoms with Crippen LogP contribution in [-0.4, -0.2) is 42.3 Å². The van der Waals surface area contributed by atoms with Gasteiger partial charge in [0.1, 0.15) is 6.61 Å². The molecule has 0 radical (unpaired) electrons. The molecule has 2 heterocycles. The van der Waals surface area contributed by atoms with Crippen LogP contribution in [0.4, 0.5) is 5.69 Å². The van der Waals surface area contributed by atoms with E-state index in [9.17, 15) is 0 Å². The summed E-state index contributed by atoms with van der Waals surface area (Å²) in [7, 11) is 3.93. The van der Waals surface area contributed by atoms with Gasteiger partial charge in [0.05, 0.1) is 17.8 Å². The van der Waals surface area contributed by atoms with E-state index < -0.39 is 0 Å². The molecule has 100 valence electrons. The second-order valence-corrected chi connectivity index (χ2v) is 4.71. The van der Waals surface area contributed by atoms with Gasteiger partial charge in [-0.15, -0.1) is 0 Å². The molecule has 0 saturated heterocycles. The molecule has 0 atom stereocenters. The molecule has 1 aliphatic rings. The number of hydrogen-bond acceptors (Lipinski definition) is 6. The SMILES string of the molecule is CN(C)Cc1noc(-c2cccc3c2OCCN3)n1. The van der Waals surface area contributed by atoms with E-state index in [0.717, 1.165) is 23.5 Å². The highest BCUT2D eigenvalue weighted by molar-refractivity contribution is 5.74. The summed E-state index contributed by atoms with van der Waals surface area (Å²) >= 11 is 0. The topological polar surface area (TPSA) is 63.4 Å². The zero-order chi connectivity index (χ0) is 13.2. The molecule has 0 spiro atoms. The van der Waals surface area contributed by atoms with Gasteiger partial charge >= 0.3 is 0 Å². The molecule has 0 fully saturated rings. The van der Waals surface area contributed by atoms with Crippen molar-refractivity contribution in [3.8, 4) is 17.2 Å². The smallest absolute Gasteiger partial charge is 0.261 e. The van der Waals surface area contributed by atoms with Crippen molar-refractivity contribution >= 4 is 5.69 Å². The van der Waals surface area contributed by atoms with Crippen molar-refractivity contribution in [3.63, 3.8) is 0 Å². The second kappa shape index (κ2) is 4.89. The summed E-state index contributed by atoms with van der Waals surface area (Å²) in [5.74, 6) is 1.95. The molecule has 6 heteroatoms. The number of fused-ring (bicyclic) bond motifs is 1. The third-order valence-electron chi connectivity index (χ3n) is 2.84. The molecule has 19 heavy (non-hydrogen) atoms. The molecule has 0 amide bonds. The third kappa shape index (κ3) is 2.39. The van der Waals surface area contributed by atoms with Crippen molar-refractivity contribution in [1.82, 2.24) is 15.0 Å². The van der Waals surface area contributed by atoms with Crippen LogP contribution in [0.25, 0.3) is 11.5 Å². The highest BCUT2D eigenvalue weighted by Crippen LogP contribution is 2.37. The molecule has 2 aromatic rings. The predicted octanol–water partition coefficient (Wildman–Crippen LogP) is 1.60. The third-order valence-corrected chi connectivity index (χ3v) is 2.84. The maximum absolute atomic E-state index is 5.70. The van der Waals surface area contributed by atoms with Crippen LogP contribution in [-0.2, 0) is 6.54 Å². The van der Waals surface area contributed by atoms with Gasteiger partial charge in [-0.1, -0.05) is 11.2 Å². The van der Waals surface area contributed by atoms with Crippen molar-refractivity contribution in [2.45, 2.75) is 6.54 Å². The molecular formula is C13H16N4O2. The van der Waals surface area contributed by atoms with Crippen LogP contribution in [0.15, 0.2) is 22.7 Å². The number of aromatic nitrogens is 2. The number of benzene rings is 1. The van der Waals surface area contributed by atoms with E-state index in [2.05, 4.69) is 15.5 Å². The lowest BCUT2D eigenvalue weighted by molar-refractivity contribution is 0.322. The highest BCUT2D eigenvalue weighted by Gasteiger charge is 2.19. The lowest BCUT2D eigenvalue weighted by atomic mass is 10.1. The van der Waals surface area contributed by atoms with Crippen LogP contribution in [0.3, 0.4) is 0 Å². The molecular weight excluding hydrogens is 244 g/mol. The molecule has 3 rings (SSSR count). The van der Waals surface area contributed by atoms with Crippen LogP contribution < -0.4 is 10.1 Å². The van der Waals surface area contributed by atoms with Gasteiger partial charge in [0.2, 0.25) is 0 Å². The Hall–Kier alpha value is -2.08. The molecule has 1 aromatic heterocycles. The minimum atomic E-state index is 0.498. The average molecular weight is 260 g/mol. The minimum Gasteiger partial charge on any atom is -0.489 e. The first kappa shape index (κ1) is 12.0. The van der Waals surface area contributed by atoms with Crippen molar-refractivity contribution < 1.29 is 9.26 Å². The van der Waals surface area contributed by atoms with E-state index in [-0.39, 0.29) is 0 Å². The molecule has 1 N–H and O–H groups in total. The molecule has 0 unspecified atom stereocenters. The van der Waals surface area contributed by atoms with Gasteiger partial charge in [0.25, 0.3) is 5.89 Å². The summed E-state index contributed by atoms with van der Waals surface area (Å²) in [5.41, 5.74) is 1.80. The van der Waals surface area contributed by atoms with Gasteiger partial charge in [0, 0.05) is 6.54 Å². The predicted molar refractivity (Wildman–Crippen MR) is 71.1 cm³/mol. The molecule has 0 saturated carbocycles. The van der Waals surface area contributed by atoms with Gasteiger partial charge in [0.15, 0.2) is 11.6 Å². The van der Waals surface area contributed by atoms with E-state index in [0.29, 0.717) is 24.9 Å². The largest absolute Gasteiger partial charge is 0.489 e. The Morgan fingerprint density at radius 3 is 3.11 bits per heavy atom. The quantitative estimate of drug-likeness (QED) is 0.904. The number of nitrogens with one attached hydrogen (secondary N) is 1. The van der Waals surface area contributed by atoms with Crippen LogP contribution >= 0.6 is 0 Å². The maximum atomic E-state index is 5.70. The number of rotatable bonds is 3. The minimum absolute atomic E-state index is 0.498. The molecule has 1 aliphatic heterocycles. The summed E-state index contributed by atoms with van der Waals surface area (Å²) in [6.07, 6.45) is 0. The Labute approximate surface area is 111 Å². The maximum Gasteiger partial charge on any atom is 0.261 e. The van der Waals surface area contributed by atoms with Crippen molar-refractivity contribution in [2.75, 3.05) is 32.6 Å². The molecule has 6 nitrogen and oxygen atoms in total. The number of anilines is 1. The monoisotopic (exact) mass is 260 g/mol. The lowest BCUT2D eigenvalue weighted by Gasteiger charge is -2.20. The zero-order valence-corrected chi connectivity index (χ0v) is 11.0. The normalized spacial score (nSPS) is 13.8. The van der Waals surface area contributed by atoms with Gasteiger partial charge in [-0.05, 0) is 26.2 Å². The van der Waals surface area contributed by atoms with Gasteiger partial charge < -0.3 is 19.5 Å². The fourth-order valence-electron chi connectivity index (χ4n) is 2.05. The lowest BCUT2D eigenvalue weighted by Crippen LogP contribution is -2.18. The van der Waals surface area contributed by atoms with Crippen LogP contribution in [0.5, 0.6) is 5.75 Å². The molecule has 0 bridgehead atoms. The highest BCUT2D eigenvalue weighted by atomic mass is 16.5. The van der Waals surface area contributed by atoms with Gasteiger partial charge in [-0.2, -0.15) is 4.98 Å². The van der Waals surface area contributed by atoms with E-state index in [1.54, 1.807) is 0 Å². The fourth-order valence-corrected chi connectivity index (χ4v) is 2.05. The first-order chi connectivity index (χ1) is 9.24. The number of ether oxygens (including phenoxy) is 1. The number of hydrogen-bond donors (Lipinski definition) is 1. The summed E-state index contributed by atoms with van der Waals surface area (Å²) < 4.78 is 11.0. The summed E-state index contributed by atoms with van der Waals surface area (Å²) in [6, 6.07) is 5.86. The Bertz CT molecular complexity index is 580. The number of para-hydroxylation sites is 1. The van der Waals surface area contributed by atoms with Crippen molar-refractivity contribution in [2.24, 2.45) is 0 Å². The zero-order valence-electron chi connectivity index (χ0n) is 11.0. The molecule has 1 aromatic carbocycles. The van der Waals surface area contributed by atoms with Crippen LogP contribution in [0.1, 0.15) is 5.82 Å². The molecule has 0 aliphatic carbocycles. The van der Waals surface area contributed by atoms with Gasteiger partial charge in [-0.3, -0.25) is 0 Å². The Morgan fingerprint density at radius 1 is 1.37 bits per heavy atom. The first-order valence-electron chi connectivity index (χ1n) is 6.21. The van der Waals surface area contributed by atoms with Crippen molar-refractivity contribution in [3.05, 3.63) is 24.0 Å². The summed E-state index contributed by atoms with van der Waals surface area (Å²) in [5, 5.41) is 7.27. The Balaban J connectivity index is 1.95. The average Bonchev–Trinajstić information content (AvgIpc) is 2.85. The van der Waals surface area contributed by atoms with Crippen LogP contribution in [0, 0.1) is 0 Å². The van der Waals surface area contributed by atoms with E-state index in [4.69, 9.17) is 9.26 Å². The fraction of sp³-hybridized carbons (Fsp3) is 0.385. The summed E-state index contributed by atoms with van der Waals surface area (Å²) in [4.78, 5) is 6.39. The van der Waals surface area contributed by atoms with E-state index in [1.165, 1.54) is 0 Å². The Kier molecular flexibility index (Phi) is 3.08. The standard InChI is InChI=1S/C13H16N4O2/c1-17(2)8-11-15-13(19-16-11)9-4-3-5-10-12(9)18-7-6-14-10/h3-5,14H,6-8H2,1-2H3. The van der Waals surface area contributed by atoms with E-state index >= 15 is 0 Å². The summed E-state index contributed by atoms with van der Waals surface area (Å²) in [6.45, 7) is 2.10. The second-order valence-electron chi connectivity index (χ2n) is 4.71. The van der Waals surface area contributed by atoms with Gasteiger partial charge in [-0.25, -0.2) is 0 Å². The first-order valence-corrected chi connectivity index (χ1v) is 6.21. The number of nitrogens with zero attached hydrogens (tertiary/aromatic N) is 3.